The van der Waals surface area contributed by atoms with E-state index in [1.807, 2.05) is 11.0 Å². The molecule has 1 atom stereocenters. The molecule has 0 bridgehead atoms. The van der Waals surface area contributed by atoms with Gasteiger partial charge in [-0.1, -0.05) is 18.2 Å². The first-order chi connectivity index (χ1) is 14.9. The number of carbonyl (C=O) groups excluding carboxylic acids is 1. The minimum atomic E-state index is -4.37. The van der Waals surface area contributed by atoms with Crippen LogP contribution >= 0.6 is 0 Å². The van der Waals surface area contributed by atoms with Crippen LogP contribution in [0.15, 0.2) is 48.5 Å². The van der Waals surface area contributed by atoms with Gasteiger partial charge in [0.25, 0.3) is 5.91 Å². The molecule has 2 heterocycles. The zero-order valence-corrected chi connectivity index (χ0v) is 17.1. The molecule has 0 aromatic heterocycles. The second kappa shape index (κ2) is 9.18. The van der Waals surface area contributed by atoms with E-state index in [0.29, 0.717) is 49.8 Å². The van der Waals surface area contributed by atoms with Crippen molar-refractivity contribution in [3.63, 3.8) is 0 Å². The highest BCUT2D eigenvalue weighted by Crippen LogP contribution is 2.32. The van der Waals surface area contributed by atoms with Gasteiger partial charge in [0.15, 0.2) is 0 Å². The van der Waals surface area contributed by atoms with Crippen molar-refractivity contribution in [3.05, 3.63) is 59.7 Å². The van der Waals surface area contributed by atoms with Gasteiger partial charge in [-0.15, -0.1) is 0 Å². The molecular formula is C23H25F3N2O3. The largest absolute Gasteiger partial charge is 0.490 e. The molecule has 5 nitrogen and oxygen atoms in total. The second-order valence-electron chi connectivity index (χ2n) is 7.77. The van der Waals surface area contributed by atoms with Gasteiger partial charge in [-0.05, 0) is 43.2 Å². The second-order valence-corrected chi connectivity index (χ2v) is 7.77. The van der Waals surface area contributed by atoms with E-state index >= 15 is 0 Å². The summed E-state index contributed by atoms with van der Waals surface area (Å²) in [6.45, 7) is 2.93. The van der Waals surface area contributed by atoms with Gasteiger partial charge >= 0.3 is 6.18 Å². The van der Waals surface area contributed by atoms with Crippen molar-refractivity contribution in [1.29, 1.82) is 0 Å². The van der Waals surface area contributed by atoms with E-state index in [-0.39, 0.29) is 12.0 Å². The Kier molecular flexibility index (Phi) is 6.36. The Hall–Kier alpha value is -2.74. The van der Waals surface area contributed by atoms with Crippen LogP contribution in [0.5, 0.6) is 5.75 Å². The fourth-order valence-corrected chi connectivity index (χ4v) is 3.94. The number of benzene rings is 2. The number of amides is 1. The van der Waals surface area contributed by atoms with Crippen LogP contribution in [0.3, 0.4) is 0 Å². The third-order valence-corrected chi connectivity index (χ3v) is 5.67. The highest BCUT2D eigenvalue weighted by Gasteiger charge is 2.31. The molecule has 1 amide bonds. The van der Waals surface area contributed by atoms with E-state index in [9.17, 15) is 18.0 Å². The zero-order chi connectivity index (χ0) is 21.8. The van der Waals surface area contributed by atoms with Gasteiger partial charge < -0.3 is 19.3 Å². The van der Waals surface area contributed by atoms with E-state index in [1.165, 1.54) is 6.07 Å². The maximum atomic E-state index is 13.1. The molecular weight excluding hydrogens is 409 g/mol. The molecule has 2 aromatic carbocycles. The molecule has 4 rings (SSSR count). The van der Waals surface area contributed by atoms with Gasteiger partial charge in [0, 0.05) is 38.5 Å². The number of ether oxygens (including phenoxy) is 2. The van der Waals surface area contributed by atoms with E-state index in [4.69, 9.17) is 9.47 Å². The van der Waals surface area contributed by atoms with E-state index in [1.54, 1.807) is 29.2 Å². The Balaban J connectivity index is 1.39. The van der Waals surface area contributed by atoms with Crippen LogP contribution in [-0.4, -0.2) is 56.3 Å². The van der Waals surface area contributed by atoms with Gasteiger partial charge in [-0.2, -0.15) is 13.2 Å². The quantitative estimate of drug-likeness (QED) is 0.707. The zero-order valence-electron chi connectivity index (χ0n) is 17.1. The molecule has 2 saturated heterocycles. The van der Waals surface area contributed by atoms with Gasteiger partial charge in [-0.25, -0.2) is 0 Å². The number of halogens is 3. The molecule has 166 valence electrons. The summed E-state index contributed by atoms with van der Waals surface area (Å²) in [4.78, 5) is 16.7. The van der Waals surface area contributed by atoms with Crippen LogP contribution < -0.4 is 9.64 Å². The number of para-hydroxylation sites is 1. The van der Waals surface area contributed by atoms with E-state index in [2.05, 4.69) is 0 Å². The average Bonchev–Trinajstić information content (AvgIpc) is 3.31. The first-order valence-electron chi connectivity index (χ1n) is 10.5. The van der Waals surface area contributed by atoms with Crippen molar-refractivity contribution in [2.75, 3.05) is 44.3 Å². The first-order valence-corrected chi connectivity index (χ1v) is 10.5. The van der Waals surface area contributed by atoms with Crippen LogP contribution in [0.25, 0.3) is 0 Å². The lowest BCUT2D eigenvalue weighted by Crippen LogP contribution is -2.48. The highest BCUT2D eigenvalue weighted by atomic mass is 19.4. The fraction of sp³-hybridized carbons (Fsp3) is 0.435. The lowest BCUT2D eigenvalue weighted by molar-refractivity contribution is -0.137. The number of carbonyl (C=O) groups is 1. The summed E-state index contributed by atoms with van der Waals surface area (Å²) in [6, 6.07) is 12.5. The van der Waals surface area contributed by atoms with Gasteiger partial charge in [-0.3, -0.25) is 4.79 Å². The minimum Gasteiger partial charge on any atom is -0.490 e. The maximum absolute atomic E-state index is 13.1. The monoisotopic (exact) mass is 434 g/mol. The van der Waals surface area contributed by atoms with Gasteiger partial charge in [0.05, 0.1) is 17.2 Å². The normalized spacial score (nSPS) is 19.5. The average molecular weight is 434 g/mol. The SMILES string of the molecule is O=C(c1ccccc1OC[C@H]1CCCO1)N1CCN(c2cccc(C(F)(F)F)c2)CC1. The number of nitrogens with zero attached hydrogens (tertiary/aromatic N) is 2. The maximum Gasteiger partial charge on any atom is 0.416 e. The number of hydrogen-bond acceptors (Lipinski definition) is 4. The van der Waals surface area contributed by atoms with E-state index in [0.717, 1.165) is 31.6 Å². The molecule has 2 fully saturated rings. The number of alkyl halides is 3. The van der Waals surface area contributed by atoms with Crippen molar-refractivity contribution < 1.29 is 27.4 Å². The van der Waals surface area contributed by atoms with Crippen LogP contribution in [-0.2, 0) is 10.9 Å². The number of rotatable bonds is 5. The summed E-state index contributed by atoms with van der Waals surface area (Å²) < 4.78 is 50.5. The van der Waals surface area contributed by atoms with Gasteiger partial charge in [0.1, 0.15) is 12.4 Å². The predicted octanol–water partition coefficient (Wildman–Crippen LogP) is 4.23. The summed E-state index contributed by atoms with van der Waals surface area (Å²) in [7, 11) is 0. The number of piperazine rings is 1. The Morgan fingerprint density at radius 3 is 2.55 bits per heavy atom. The van der Waals surface area contributed by atoms with Crippen LogP contribution in [0.4, 0.5) is 18.9 Å². The van der Waals surface area contributed by atoms with Gasteiger partial charge in [0.2, 0.25) is 0 Å². The molecule has 2 aliphatic rings. The minimum absolute atomic E-state index is 0.0548. The Morgan fingerprint density at radius 2 is 1.84 bits per heavy atom. The number of hydrogen-bond donors (Lipinski definition) is 0. The molecule has 0 saturated carbocycles. The molecule has 0 N–H and O–H groups in total. The number of anilines is 1. The van der Waals surface area contributed by atoms with Crippen LogP contribution in [0.1, 0.15) is 28.8 Å². The molecule has 0 aliphatic carbocycles. The first kappa shape index (κ1) is 21.5. The summed E-state index contributed by atoms with van der Waals surface area (Å²) in [5, 5.41) is 0. The Labute approximate surface area is 179 Å². The summed E-state index contributed by atoms with van der Waals surface area (Å²) in [6.07, 6.45) is -2.35. The highest BCUT2D eigenvalue weighted by molar-refractivity contribution is 5.97. The van der Waals surface area contributed by atoms with Crippen molar-refractivity contribution in [3.8, 4) is 5.75 Å². The fourth-order valence-electron chi connectivity index (χ4n) is 3.94. The topological polar surface area (TPSA) is 42.0 Å². The molecule has 0 radical (unpaired) electrons. The van der Waals surface area contributed by atoms with Crippen molar-refractivity contribution in [1.82, 2.24) is 4.90 Å². The molecule has 0 unspecified atom stereocenters. The van der Waals surface area contributed by atoms with Crippen molar-refractivity contribution >= 4 is 11.6 Å². The molecule has 0 spiro atoms. The third kappa shape index (κ3) is 5.12. The Morgan fingerprint density at radius 1 is 1.06 bits per heavy atom. The summed E-state index contributed by atoms with van der Waals surface area (Å²) >= 11 is 0. The molecule has 2 aromatic rings. The molecule has 8 heteroatoms. The standard InChI is InChI=1S/C23H25F3N2O3/c24-23(25,26)17-5-3-6-18(15-17)27-10-12-28(13-11-27)22(29)20-8-1-2-9-21(20)31-16-19-7-4-14-30-19/h1-3,5-6,8-9,15,19H,4,7,10-14,16H2/t19-/m1/s1. The van der Waals surface area contributed by atoms with E-state index < -0.39 is 11.7 Å². The molecule has 2 aliphatic heterocycles. The molecule has 31 heavy (non-hydrogen) atoms. The van der Waals surface area contributed by atoms with Crippen molar-refractivity contribution in [2.45, 2.75) is 25.1 Å². The van der Waals surface area contributed by atoms with Crippen LogP contribution in [0, 0.1) is 0 Å². The lowest BCUT2D eigenvalue weighted by Gasteiger charge is -2.36. The van der Waals surface area contributed by atoms with Crippen LogP contribution in [0.2, 0.25) is 0 Å². The summed E-state index contributed by atoms with van der Waals surface area (Å²) in [5.41, 5.74) is 0.344. The lowest BCUT2D eigenvalue weighted by atomic mass is 10.1. The Bertz CT molecular complexity index is 905. The predicted molar refractivity (Wildman–Crippen MR) is 110 cm³/mol. The van der Waals surface area contributed by atoms with Crippen molar-refractivity contribution in [2.24, 2.45) is 0 Å². The summed E-state index contributed by atoms with van der Waals surface area (Å²) in [5.74, 6) is 0.398. The third-order valence-electron chi connectivity index (χ3n) is 5.67. The smallest absolute Gasteiger partial charge is 0.416 e.